The number of rotatable bonds is 9. The van der Waals surface area contributed by atoms with E-state index in [4.69, 9.17) is 11.7 Å². The van der Waals surface area contributed by atoms with Crippen LogP contribution < -0.4 is 5.32 Å². The predicted octanol–water partition coefficient (Wildman–Crippen LogP) is 2.34. The highest BCUT2D eigenvalue weighted by molar-refractivity contribution is 5.93. The van der Waals surface area contributed by atoms with Gasteiger partial charge in [-0.05, 0) is 64.9 Å². The molecule has 2 aliphatic heterocycles. The van der Waals surface area contributed by atoms with Gasteiger partial charge in [0.05, 0.1) is 17.6 Å². The van der Waals surface area contributed by atoms with Gasteiger partial charge in [-0.2, -0.15) is 10.1 Å². The van der Waals surface area contributed by atoms with Crippen molar-refractivity contribution in [1.29, 1.82) is 0 Å². The summed E-state index contributed by atoms with van der Waals surface area (Å²) >= 11 is 0. The minimum atomic E-state index is -0.423. The molecule has 238 valence electrons. The summed E-state index contributed by atoms with van der Waals surface area (Å²) < 4.78 is 3.66. The Bertz CT molecular complexity index is 1820. The van der Waals surface area contributed by atoms with Gasteiger partial charge in [0.2, 0.25) is 18.4 Å². The second kappa shape index (κ2) is 11.9. The van der Waals surface area contributed by atoms with E-state index in [9.17, 15) is 9.59 Å². The number of hydrogen-bond donors (Lipinski definition) is 1. The molecule has 1 N–H and O–H groups in total. The van der Waals surface area contributed by atoms with Gasteiger partial charge >= 0.3 is 0 Å². The molecule has 0 unspecified atom stereocenters. The van der Waals surface area contributed by atoms with Crippen LogP contribution in [0.4, 0.5) is 5.95 Å². The van der Waals surface area contributed by atoms with E-state index in [1.807, 2.05) is 66.0 Å². The quantitative estimate of drug-likeness (QED) is 0.279. The fraction of sp³-hybridized carbons (Fsp3) is 0.500. The maximum atomic E-state index is 13.3. The van der Waals surface area contributed by atoms with Crippen LogP contribution in [0.25, 0.3) is 21.7 Å². The Labute approximate surface area is 267 Å². The minimum absolute atomic E-state index is 0.0341. The lowest BCUT2D eigenvalue weighted by atomic mass is 9.86. The molecular formula is C32H38N12O2. The minimum Gasteiger partial charge on any atom is -0.337 e. The summed E-state index contributed by atoms with van der Waals surface area (Å²) in [5.41, 5.74) is 3.18. The molecule has 1 aliphatic carbocycles. The highest BCUT2D eigenvalue weighted by Crippen LogP contribution is 2.35. The molecule has 3 fully saturated rings. The molecule has 6 heterocycles. The zero-order chi connectivity index (χ0) is 32.0. The first-order valence-corrected chi connectivity index (χ1v) is 15.8. The number of amides is 2. The lowest BCUT2D eigenvalue weighted by Gasteiger charge is -2.52. The fourth-order valence-corrected chi connectivity index (χ4v) is 6.62. The third-order valence-corrected chi connectivity index (χ3v) is 9.13. The second-order valence-corrected chi connectivity index (χ2v) is 13.1. The lowest BCUT2D eigenvalue weighted by Crippen LogP contribution is -2.67. The standard InChI is InChI=1S/C32H38N12O2/c1-21-35-24(17-40(3)4)14-26(36-21)30(46)41-12-10-25(11-13-41)42-19-32(20-42,18-33-2)43-16-23(15-34-43)27-6-5-7-28-37-31(39-44(27)28)38-29(45)22-8-9-22/h5-7,14-16,22,25H,8-13,17-20H2,1,3-4H3,(H,38,39,45). The molecule has 7 rings (SSSR count). The Morgan fingerprint density at radius 1 is 1.11 bits per heavy atom. The van der Waals surface area contributed by atoms with Gasteiger partial charge in [-0.25, -0.2) is 21.1 Å². The van der Waals surface area contributed by atoms with E-state index in [-0.39, 0.29) is 17.7 Å². The number of nitrogens with zero attached hydrogens (tertiary/aromatic N) is 11. The van der Waals surface area contributed by atoms with Gasteiger partial charge in [-0.15, -0.1) is 5.10 Å². The van der Waals surface area contributed by atoms with E-state index < -0.39 is 5.54 Å². The van der Waals surface area contributed by atoms with Crippen LogP contribution in [0.2, 0.25) is 0 Å². The van der Waals surface area contributed by atoms with Crippen molar-refractivity contribution >= 4 is 23.4 Å². The molecule has 0 atom stereocenters. The van der Waals surface area contributed by atoms with Crippen LogP contribution in [0.5, 0.6) is 0 Å². The number of aromatic nitrogens is 7. The summed E-state index contributed by atoms with van der Waals surface area (Å²) in [6.07, 6.45) is 7.34. The second-order valence-electron chi connectivity index (χ2n) is 13.1. The molecule has 14 nitrogen and oxygen atoms in total. The topological polar surface area (TPSA) is 134 Å². The molecule has 0 spiro atoms. The van der Waals surface area contributed by atoms with Crippen molar-refractivity contribution < 1.29 is 9.59 Å². The molecular weight excluding hydrogens is 584 g/mol. The highest BCUT2D eigenvalue weighted by atomic mass is 16.2. The molecule has 0 bridgehead atoms. The SMILES string of the molecule is [C-]#[N+]CC1(n2cc(-c3cccc4nc(NC(=O)C5CC5)nn34)cn2)CN(C2CCN(C(=O)c3cc(CN(C)C)nc(C)n3)CC2)C1. The van der Waals surface area contributed by atoms with Crippen LogP contribution in [-0.4, -0.2) is 114 Å². The lowest BCUT2D eigenvalue weighted by molar-refractivity contribution is -0.117. The smallest absolute Gasteiger partial charge is 0.272 e. The molecule has 2 saturated heterocycles. The number of piperidine rings is 1. The normalized spacial score (nSPS) is 18.5. The van der Waals surface area contributed by atoms with Gasteiger partial charge < -0.3 is 14.6 Å². The Kier molecular flexibility index (Phi) is 7.74. The number of carbonyl (C=O) groups is 2. The molecule has 4 aromatic heterocycles. The monoisotopic (exact) mass is 622 g/mol. The zero-order valence-corrected chi connectivity index (χ0v) is 26.4. The molecule has 1 saturated carbocycles. The number of pyridine rings is 1. The van der Waals surface area contributed by atoms with E-state index in [1.165, 1.54) is 0 Å². The van der Waals surface area contributed by atoms with Crippen molar-refractivity contribution in [3.8, 4) is 11.3 Å². The average molecular weight is 623 g/mol. The Morgan fingerprint density at radius 3 is 2.61 bits per heavy atom. The molecule has 46 heavy (non-hydrogen) atoms. The number of anilines is 1. The number of fused-ring (bicyclic) bond motifs is 1. The van der Waals surface area contributed by atoms with Gasteiger partial charge in [0.1, 0.15) is 11.5 Å². The summed E-state index contributed by atoms with van der Waals surface area (Å²) in [5, 5.41) is 12.1. The third-order valence-electron chi connectivity index (χ3n) is 9.13. The average Bonchev–Trinajstić information content (AvgIpc) is 3.61. The Morgan fingerprint density at radius 2 is 1.89 bits per heavy atom. The molecule has 3 aliphatic rings. The van der Waals surface area contributed by atoms with Crippen LogP contribution in [0, 0.1) is 19.4 Å². The molecule has 14 heteroatoms. The number of aryl methyl sites for hydroxylation is 1. The van der Waals surface area contributed by atoms with Gasteiger partial charge in [-0.3, -0.25) is 24.5 Å². The van der Waals surface area contributed by atoms with Crippen LogP contribution in [-0.2, 0) is 16.9 Å². The molecule has 4 aromatic rings. The Hall–Kier alpha value is -4.74. The van der Waals surface area contributed by atoms with E-state index in [0.717, 1.165) is 55.7 Å². The van der Waals surface area contributed by atoms with Crippen molar-refractivity contribution in [2.75, 3.05) is 52.1 Å². The van der Waals surface area contributed by atoms with Crippen molar-refractivity contribution in [2.24, 2.45) is 5.92 Å². The fourth-order valence-electron chi connectivity index (χ4n) is 6.62. The molecule has 0 radical (unpaired) electrons. The Balaban J connectivity index is 1.01. The van der Waals surface area contributed by atoms with Crippen molar-refractivity contribution in [1.82, 2.24) is 49.0 Å². The summed E-state index contributed by atoms with van der Waals surface area (Å²) in [7, 11) is 3.95. The zero-order valence-electron chi connectivity index (χ0n) is 26.4. The number of nitrogens with one attached hydrogen (secondary N) is 1. The van der Waals surface area contributed by atoms with Crippen LogP contribution in [0.3, 0.4) is 0 Å². The summed E-state index contributed by atoms with van der Waals surface area (Å²) in [6, 6.07) is 7.86. The van der Waals surface area contributed by atoms with Gasteiger partial charge in [-0.1, -0.05) is 6.07 Å². The highest BCUT2D eigenvalue weighted by Gasteiger charge is 2.51. The first kappa shape index (κ1) is 29.9. The van der Waals surface area contributed by atoms with Crippen molar-refractivity contribution in [3.63, 3.8) is 0 Å². The van der Waals surface area contributed by atoms with E-state index in [1.54, 1.807) is 10.7 Å². The van der Waals surface area contributed by atoms with Crippen molar-refractivity contribution in [2.45, 2.75) is 50.7 Å². The summed E-state index contributed by atoms with van der Waals surface area (Å²) in [4.78, 5) is 49.1. The summed E-state index contributed by atoms with van der Waals surface area (Å²) in [6.45, 7) is 13.3. The van der Waals surface area contributed by atoms with Crippen LogP contribution in [0.15, 0.2) is 36.7 Å². The number of carbonyl (C=O) groups excluding carboxylic acids is 2. The maximum Gasteiger partial charge on any atom is 0.272 e. The largest absolute Gasteiger partial charge is 0.337 e. The first-order valence-electron chi connectivity index (χ1n) is 15.8. The molecule has 0 aromatic carbocycles. The van der Waals surface area contributed by atoms with Gasteiger partial charge in [0.25, 0.3) is 5.91 Å². The molecule has 2 amide bonds. The number of hydrogen-bond acceptors (Lipinski definition) is 9. The van der Waals surface area contributed by atoms with E-state index >= 15 is 0 Å². The van der Waals surface area contributed by atoms with Gasteiger partial charge in [0, 0.05) is 56.4 Å². The van der Waals surface area contributed by atoms with E-state index in [2.05, 4.69) is 35.1 Å². The van der Waals surface area contributed by atoms with Crippen LogP contribution in [0.1, 0.15) is 47.7 Å². The predicted molar refractivity (Wildman–Crippen MR) is 170 cm³/mol. The maximum absolute atomic E-state index is 13.3. The van der Waals surface area contributed by atoms with Crippen molar-refractivity contribution in [3.05, 3.63) is 65.3 Å². The summed E-state index contributed by atoms with van der Waals surface area (Å²) in [5.74, 6) is 0.892. The van der Waals surface area contributed by atoms with Gasteiger partial charge in [0.15, 0.2) is 11.2 Å². The first-order chi connectivity index (χ1) is 22.2. The number of likely N-dealkylation sites (tertiary alicyclic amines) is 2. The van der Waals surface area contributed by atoms with E-state index in [0.29, 0.717) is 55.3 Å². The third kappa shape index (κ3) is 5.83. The van der Waals surface area contributed by atoms with Crippen LogP contribution >= 0.6 is 0 Å².